The summed E-state index contributed by atoms with van der Waals surface area (Å²) in [6.07, 6.45) is 1.80. The monoisotopic (exact) mass is 448 g/mol. The third kappa shape index (κ3) is 5.46. The third-order valence-corrected chi connectivity index (χ3v) is 5.51. The minimum absolute atomic E-state index is 0.281. The molecule has 0 atom stereocenters. The number of carbonyl (C=O) groups is 1. The maximum atomic E-state index is 13.4. The zero-order chi connectivity index (χ0) is 23.6. The van der Waals surface area contributed by atoms with E-state index < -0.39 is 11.4 Å². The van der Waals surface area contributed by atoms with Crippen LogP contribution in [0, 0.1) is 12.7 Å². The summed E-state index contributed by atoms with van der Waals surface area (Å²) >= 11 is 0. The second kappa shape index (κ2) is 9.15. The van der Waals surface area contributed by atoms with Gasteiger partial charge in [-0.15, -0.1) is 0 Å². The molecule has 4 rings (SSSR count). The number of halogens is 1. The molecule has 1 saturated heterocycles. The number of anilines is 3. The molecular formula is C25H29FN6O. The highest BCUT2D eigenvalue weighted by molar-refractivity contribution is 5.95. The highest BCUT2D eigenvalue weighted by atomic mass is 19.1. The van der Waals surface area contributed by atoms with Crippen molar-refractivity contribution in [2.45, 2.75) is 25.9 Å². The van der Waals surface area contributed by atoms with Gasteiger partial charge in [-0.1, -0.05) is 18.2 Å². The molecular weight excluding hydrogens is 419 g/mol. The summed E-state index contributed by atoms with van der Waals surface area (Å²) in [6, 6.07) is 13.9. The van der Waals surface area contributed by atoms with E-state index in [1.165, 1.54) is 23.8 Å². The van der Waals surface area contributed by atoms with Crippen LogP contribution in [-0.2, 0) is 6.54 Å². The van der Waals surface area contributed by atoms with Crippen LogP contribution in [0.3, 0.4) is 0 Å². The second-order valence-electron chi connectivity index (χ2n) is 9.14. The molecule has 7 nitrogen and oxygen atoms in total. The van der Waals surface area contributed by atoms with Crippen molar-refractivity contribution in [2.75, 3.05) is 37.4 Å². The molecule has 1 fully saturated rings. The van der Waals surface area contributed by atoms with E-state index in [2.05, 4.69) is 37.6 Å². The number of rotatable bonds is 7. The molecule has 2 heterocycles. The number of nitrogens with zero attached hydrogens (tertiary/aromatic N) is 4. The summed E-state index contributed by atoms with van der Waals surface area (Å²) in [6.45, 7) is 6.00. The maximum Gasteiger partial charge on any atom is 0.251 e. The molecule has 2 aromatic carbocycles. The SMILES string of the molecule is Cc1cnc(Nc2cccc(CN(C)C)c2)nc1N1CC(C)(NC(=O)c2cccc(F)c2)C1. The molecule has 0 spiro atoms. The van der Waals surface area contributed by atoms with Gasteiger partial charge in [-0.2, -0.15) is 4.98 Å². The Bertz CT molecular complexity index is 1160. The Hall–Kier alpha value is -3.52. The van der Waals surface area contributed by atoms with Gasteiger partial charge in [-0.3, -0.25) is 4.79 Å². The Labute approximate surface area is 193 Å². The van der Waals surface area contributed by atoms with Gasteiger partial charge in [-0.25, -0.2) is 9.37 Å². The van der Waals surface area contributed by atoms with Gasteiger partial charge < -0.3 is 20.4 Å². The van der Waals surface area contributed by atoms with Crippen LogP contribution >= 0.6 is 0 Å². The van der Waals surface area contributed by atoms with Crippen molar-refractivity contribution in [3.8, 4) is 0 Å². The van der Waals surface area contributed by atoms with Crippen LogP contribution in [0.15, 0.2) is 54.7 Å². The van der Waals surface area contributed by atoms with Crippen molar-refractivity contribution < 1.29 is 9.18 Å². The first-order valence-corrected chi connectivity index (χ1v) is 10.9. The number of aryl methyl sites for hydroxylation is 1. The van der Waals surface area contributed by atoms with Gasteiger partial charge in [0.05, 0.1) is 5.54 Å². The van der Waals surface area contributed by atoms with Crippen LogP contribution in [0.25, 0.3) is 0 Å². The zero-order valence-electron chi connectivity index (χ0n) is 19.4. The molecule has 33 heavy (non-hydrogen) atoms. The summed E-state index contributed by atoms with van der Waals surface area (Å²) in [5.41, 5.74) is 2.98. The summed E-state index contributed by atoms with van der Waals surface area (Å²) < 4.78 is 13.4. The fourth-order valence-corrected chi connectivity index (χ4v) is 4.06. The Morgan fingerprint density at radius 1 is 1.18 bits per heavy atom. The van der Waals surface area contributed by atoms with Gasteiger partial charge in [0.25, 0.3) is 5.91 Å². The number of hydrogen-bond donors (Lipinski definition) is 2. The van der Waals surface area contributed by atoms with Gasteiger partial charge >= 0.3 is 0 Å². The average molecular weight is 449 g/mol. The van der Waals surface area contributed by atoms with E-state index in [9.17, 15) is 9.18 Å². The predicted octanol–water partition coefficient (Wildman–Crippen LogP) is 3.74. The van der Waals surface area contributed by atoms with Gasteiger partial charge in [0, 0.05) is 42.6 Å². The zero-order valence-corrected chi connectivity index (χ0v) is 19.4. The highest BCUT2D eigenvalue weighted by Gasteiger charge is 2.41. The van der Waals surface area contributed by atoms with E-state index in [0.29, 0.717) is 24.6 Å². The predicted molar refractivity (Wildman–Crippen MR) is 128 cm³/mol. The third-order valence-electron chi connectivity index (χ3n) is 5.51. The number of nitrogens with one attached hydrogen (secondary N) is 2. The van der Waals surface area contributed by atoms with E-state index in [4.69, 9.17) is 4.98 Å². The van der Waals surface area contributed by atoms with Crippen molar-refractivity contribution in [1.29, 1.82) is 0 Å². The quantitative estimate of drug-likeness (QED) is 0.574. The summed E-state index contributed by atoms with van der Waals surface area (Å²) in [4.78, 5) is 25.9. The van der Waals surface area contributed by atoms with Crippen LogP contribution in [-0.4, -0.2) is 53.5 Å². The lowest BCUT2D eigenvalue weighted by atomic mass is 9.91. The van der Waals surface area contributed by atoms with Crippen molar-refractivity contribution in [3.63, 3.8) is 0 Å². The fraction of sp³-hybridized carbons (Fsp3) is 0.320. The standard InChI is InChI=1S/C25H29FN6O/c1-17-13-27-24(28-21-10-5-7-18(11-21)14-31(3)4)29-22(17)32-15-25(2,16-32)30-23(33)19-8-6-9-20(26)12-19/h5-13H,14-16H2,1-4H3,(H,30,33)(H,27,28,29). The lowest BCUT2D eigenvalue weighted by Crippen LogP contribution is -2.69. The minimum Gasteiger partial charge on any atom is -0.351 e. The number of amides is 1. The van der Waals surface area contributed by atoms with Gasteiger partial charge in [-0.05, 0) is 63.8 Å². The van der Waals surface area contributed by atoms with E-state index in [1.54, 1.807) is 12.3 Å². The smallest absolute Gasteiger partial charge is 0.251 e. The topological polar surface area (TPSA) is 73.4 Å². The molecule has 1 aliphatic rings. The molecule has 3 aromatic rings. The normalized spacial score (nSPS) is 14.7. The van der Waals surface area contributed by atoms with E-state index >= 15 is 0 Å². The lowest BCUT2D eigenvalue weighted by Gasteiger charge is -2.49. The van der Waals surface area contributed by atoms with Crippen molar-refractivity contribution in [1.82, 2.24) is 20.2 Å². The molecule has 1 aromatic heterocycles. The number of hydrogen-bond acceptors (Lipinski definition) is 6. The highest BCUT2D eigenvalue weighted by Crippen LogP contribution is 2.30. The van der Waals surface area contributed by atoms with E-state index in [0.717, 1.165) is 23.6 Å². The van der Waals surface area contributed by atoms with Crippen LogP contribution in [0.5, 0.6) is 0 Å². The molecule has 0 unspecified atom stereocenters. The minimum atomic E-state index is -0.424. The molecule has 0 radical (unpaired) electrons. The molecule has 1 aliphatic heterocycles. The van der Waals surface area contributed by atoms with Gasteiger partial charge in [0.2, 0.25) is 5.95 Å². The van der Waals surface area contributed by atoms with Crippen LogP contribution in [0.1, 0.15) is 28.4 Å². The fourth-order valence-electron chi connectivity index (χ4n) is 4.06. The second-order valence-corrected chi connectivity index (χ2v) is 9.14. The van der Waals surface area contributed by atoms with Crippen LogP contribution < -0.4 is 15.5 Å². The van der Waals surface area contributed by atoms with Gasteiger partial charge in [0.15, 0.2) is 0 Å². The first-order valence-electron chi connectivity index (χ1n) is 10.9. The number of aromatic nitrogens is 2. The van der Waals surface area contributed by atoms with Crippen LogP contribution in [0.4, 0.5) is 21.8 Å². The molecule has 8 heteroatoms. The van der Waals surface area contributed by atoms with Crippen molar-refractivity contribution >= 4 is 23.4 Å². The summed E-state index contributed by atoms with van der Waals surface area (Å²) in [5.74, 6) is 0.646. The molecule has 2 N–H and O–H groups in total. The summed E-state index contributed by atoms with van der Waals surface area (Å²) in [5, 5.41) is 6.32. The largest absolute Gasteiger partial charge is 0.351 e. The average Bonchev–Trinajstić information content (AvgIpc) is 2.73. The van der Waals surface area contributed by atoms with Crippen molar-refractivity contribution in [2.24, 2.45) is 0 Å². The number of benzene rings is 2. The Kier molecular flexibility index (Phi) is 6.29. The first-order chi connectivity index (χ1) is 15.7. The van der Waals surface area contributed by atoms with Crippen molar-refractivity contribution in [3.05, 3.63) is 77.2 Å². The van der Waals surface area contributed by atoms with E-state index in [-0.39, 0.29) is 5.91 Å². The Balaban J connectivity index is 1.42. The van der Waals surface area contributed by atoms with Gasteiger partial charge in [0.1, 0.15) is 11.6 Å². The molecule has 1 amide bonds. The maximum absolute atomic E-state index is 13.4. The number of carbonyl (C=O) groups excluding carboxylic acids is 1. The Morgan fingerprint density at radius 3 is 2.67 bits per heavy atom. The molecule has 0 bridgehead atoms. The first kappa shape index (κ1) is 22.7. The molecule has 0 aliphatic carbocycles. The van der Waals surface area contributed by atoms with Crippen LogP contribution in [0.2, 0.25) is 0 Å². The molecule has 0 saturated carbocycles. The molecule has 172 valence electrons. The van der Waals surface area contributed by atoms with E-state index in [1.807, 2.05) is 40.1 Å². The Morgan fingerprint density at radius 2 is 1.94 bits per heavy atom. The summed E-state index contributed by atoms with van der Waals surface area (Å²) in [7, 11) is 4.08. The lowest BCUT2D eigenvalue weighted by molar-refractivity contribution is 0.0888.